The molecule has 0 bridgehead atoms. The third kappa shape index (κ3) is 6.46. The van der Waals surface area contributed by atoms with E-state index in [9.17, 15) is 9.59 Å². The van der Waals surface area contributed by atoms with Gasteiger partial charge in [0.05, 0.1) is 13.7 Å². The average Bonchev–Trinajstić information content (AvgIpc) is 3.12. The highest BCUT2D eigenvalue weighted by molar-refractivity contribution is 7.09. The highest BCUT2D eigenvalue weighted by Gasteiger charge is 2.13. The van der Waals surface area contributed by atoms with Gasteiger partial charge in [0.25, 0.3) is 0 Å². The number of methoxy groups -OCH3 is 1. The number of primary amides is 1. The maximum absolute atomic E-state index is 12.2. The van der Waals surface area contributed by atoms with Crippen molar-refractivity contribution in [3.8, 4) is 5.75 Å². The van der Waals surface area contributed by atoms with E-state index in [-0.39, 0.29) is 18.9 Å². The van der Waals surface area contributed by atoms with Gasteiger partial charge in [0, 0.05) is 30.1 Å². The number of anilines is 1. The van der Waals surface area contributed by atoms with Crippen LogP contribution in [0.1, 0.15) is 11.3 Å². The second-order valence-electron chi connectivity index (χ2n) is 5.52. The van der Waals surface area contributed by atoms with E-state index in [4.69, 9.17) is 10.5 Å². The molecule has 25 heavy (non-hydrogen) atoms. The van der Waals surface area contributed by atoms with Crippen LogP contribution in [0.25, 0.3) is 0 Å². The Bertz CT molecular complexity index is 671. The first-order valence-corrected chi connectivity index (χ1v) is 8.93. The molecule has 6 nitrogen and oxygen atoms in total. The van der Waals surface area contributed by atoms with Crippen LogP contribution in [-0.2, 0) is 16.0 Å². The van der Waals surface area contributed by atoms with E-state index in [0.29, 0.717) is 13.1 Å². The van der Waals surface area contributed by atoms with E-state index in [0.717, 1.165) is 17.9 Å². The van der Waals surface area contributed by atoms with Crippen molar-refractivity contribution in [3.63, 3.8) is 0 Å². The lowest BCUT2D eigenvalue weighted by Crippen LogP contribution is -2.39. The lowest BCUT2D eigenvalue weighted by atomic mass is 10.2. The quantitative estimate of drug-likeness (QED) is 0.676. The summed E-state index contributed by atoms with van der Waals surface area (Å²) in [6.45, 7) is 1.15. The van der Waals surface area contributed by atoms with E-state index in [1.54, 1.807) is 18.4 Å². The normalized spacial score (nSPS) is 10.3. The Morgan fingerprint density at radius 1 is 1.24 bits per heavy atom. The molecule has 2 amide bonds. The lowest BCUT2D eigenvalue weighted by molar-refractivity contribution is -0.120. The van der Waals surface area contributed by atoms with Crippen LogP contribution < -0.4 is 20.7 Å². The Hall–Kier alpha value is -2.54. The molecule has 2 rings (SSSR count). The zero-order chi connectivity index (χ0) is 18.1. The number of hydrogen-bond donors (Lipinski definition) is 2. The van der Waals surface area contributed by atoms with Crippen molar-refractivity contribution in [1.29, 1.82) is 0 Å². The number of hydrogen-bond acceptors (Lipinski definition) is 5. The van der Waals surface area contributed by atoms with Crippen molar-refractivity contribution in [1.82, 2.24) is 5.32 Å². The van der Waals surface area contributed by atoms with Gasteiger partial charge in [0.15, 0.2) is 0 Å². The Morgan fingerprint density at radius 2 is 2.00 bits per heavy atom. The largest absolute Gasteiger partial charge is 0.497 e. The van der Waals surface area contributed by atoms with Crippen LogP contribution in [0.2, 0.25) is 0 Å². The summed E-state index contributed by atoms with van der Waals surface area (Å²) in [5, 5.41) is 4.94. The zero-order valence-electron chi connectivity index (χ0n) is 14.2. The van der Waals surface area contributed by atoms with Crippen molar-refractivity contribution in [2.24, 2.45) is 5.73 Å². The standard InChI is InChI=1S/C18H23N3O3S/c1-24-15-6-4-14(5-7-15)21(11-9-17(19)22)13-18(23)20-10-8-16-3-2-12-25-16/h2-7,12H,8-11,13H2,1H3,(H2,19,22)(H,20,23). The first kappa shape index (κ1) is 18.8. The predicted octanol–water partition coefficient (Wildman–Crippen LogP) is 1.80. The van der Waals surface area contributed by atoms with Gasteiger partial charge in [-0.3, -0.25) is 9.59 Å². The molecule has 2 aromatic rings. The first-order valence-electron chi connectivity index (χ1n) is 8.05. The van der Waals surface area contributed by atoms with Crippen LogP contribution in [0.15, 0.2) is 41.8 Å². The molecular weight excluding hydrogens is 338 g/mol. The van der Waals surface area contributed by atoms with E-state index in [2.05, 4.69) is 5.32 Å². The summed E-state index contributed by atoms with van der Waals surface area (Å²) in [6.07, 6.45) is 1.00. The van der Waals surface area contributed by atoms with Gasteiger partial charge in [-0.05, 0) is 42.1 Å². The number of ether oxygens (including phenoxy) is 1. The third-order valence-electron chi connectivity index (χ3n) is 3.67. The second kappa shape index (κ2) is 9.68. The number of thiophene rings is 1. The van der Waals surface area contributed by atoms with Crippen LogP contribution in [0.3, 0.4) is 0 Å². The van der Waals surface area contributed by atoms with Crippen LogP contribution in [-0.4, -0.2) is 38.6 Å². The molecule has 134 valence electrons. The minimum absolute atomic E-state index is 0.0863. The van der Waals surface area contributed by atoms with Gasteiger partial charge in [-0.15, -0.1) is 11.3 Å². The number of benzene rings is 1. The number of carbonyl (C=O) groups excluding carboxylic acids is 2. The Kier molecular flexibility index (Phi) is 7.28. The molecule has 1 heterocycles. The molecule has 0 saturated heterocycles. The fourth-order valence-corrected chi connectivity index (χ4v) is 3.06. The van der Waals surface area contributed by atoms with Crippen LogP contribution >= 0.6 is 11.3 Å². The van der Waals surface area contributed by atoms with Gasteiger partial charge in [0.1, 0.15) is 5.75 Å². The number of carbonyl (C=O) groups is 2. The molecule has 3 N–H and O–H groups in total. The zero-order valence-corrected chi connectivity index (χ0v) is 15.1. The average molecular weight is 361 g/mol. The maximum Gasteiger partial charge on any atom is 0.239 e. The third-order valence-corrected chi connectivity index (χ3v) is 4.61. The number of nitrogens with zero attached hydrogens (tertiary/aromatic N) is 1. The van der Waals surface area contributed by atoms with Crippen LogP contribution in [0, 0.1) is 0 Å². The van der Waals surface area contributed by atoms with Crippen molar-refractivity contribution in [3.05, 3.63) is 46.7 Å². The van der Waals surface area contributed by atoms with Gasteiger partial charge in [-0.2, -0.15) is 0 Å². The Morgan fingerprint density at radius 3 is 2.60 bits per heavy atom. The molecule has 0 saturated carbocycles. The molecule has 0 aliphatic carbocycles. The number of nitrogens with one attached hydrogen (secondary N) is 1. The molecule has 0 aliphatic rings. The fraction of sp³-hybridized carbons (Fsp3) is 0.333. The van der Waals surface area contributed by atoms with E-state index in [1.807, 2.05) is 46.7 Å². The summed E-state index contributed by atoms with van der Waals surface area (Å²) in [5.41, 5.74) is 6.09. The van der Waals surface area contributed by atoms with Crippen molar-refractivity contribution in [2.75, 3.05) is 31.6 Å². The molecule has 0 unspecified atom stereocenters. The minimum Gasteiger partial charge on any atom is -0.497 e. The predicted molar refractivity (Wildman–Crippen MR) is 100 cm³/mol. The van der Waals surface area contributed by atoms with E-state index in [1.165, 1.54) is 4.88 Å². The van der Waals surface area contributed by atoms with Gasteiger partial charge in [-0.1, -0.05) is 6.07 Å². The molecule has 0 spiro atoms. The highest BCUT2D eigenvalue weighted by atomic mass is 32.1. The fourth-order valence-electron chi connectivity index (χ4n) is 2.35. The van der Waals surface area contributed by atoms with Crippen molar-refractivity contribution >= 4 is 28.8 Å². The summed E-state index contributed by atoms with van der Waals surface area (Å²) in [4.78, 5) is 26.4. The summed E-state index contributed by atoms with van der Waals surface area (Å²) in [5.74, 6) is 0.257. The topological polar surface area (TPSA) is 84.7 Å². The van der Waals surface area contributed by atoms with Crippen molar-refractivity contribution in [2.45, 2.75) is 12.8 Å². The number of amides is 2. The summed E-state index contributed by atoms with van der Waals surface area (Å²) < 4.78 is 5.15. The smallest absolute Gasteiger partial charge is 0.239 e. The van der Waals surface area contributed by atoms with Gasteiger partial charge in [-0.25, -0.2) is 0 Å². The van der Waals surface area contributed by atoms with E-state index < -0.39 is 5.91 Å². The van der Waals surface area contributed by atoms with Crippen molar-refractivity contribution < 1.29 is 14.3 Å². The molecule has 0 aliphatic heterocycles. The van der Waals surface area contributed by atoms with Crippen LogP contribution in [0.4, 0.5) is 5.69 Å². The van der Waals surface area contributed by atoms with Gasteiger partial charge < -0.3 is 20.7 Å². The molecule has 0 radical (unpaired) electrons. The van der Waals surface area contributed by atoms with Crippen LogP contribution in [0.5, 0.6) is 5.75 Å². The number of rotatable bonds is 10. The molecule has 7 heteroatoms. The van der Waals surface area contributed by atoms with E-state index >= 15 is 0 Å². The highest BCUT2D eigenvalue weighted by Crippen LogP contribution is 2.19. The maximum atomic E-state index is 12.2. The summed E-state index contributed by atoms with van der Waals surface area (Å²) in [7, 11) is 1.60. The molecule has 0 fully saturated rings. The Balaban J connectivity index is 1.91. The lowest BCUT2D eigenvalue weighted by Gasteiger charge is -2.24. The molecular formula is C18H23N3O3S. The SMILES string of the molecule is COc1ccc(N(CCC(N)=O)CC(=O)NCCc2cccs2)cc1. The minimum atomic E-state index is -0.392. The van der Waals surface area contributed by atoms with Gasteiger partial charge in [0.2, 0.25) is 11.8 Å². The summed E-state index contributed by atoms with van der Waals surface area (Å²) in [6, 6.07) is 11.4. The molecule has 1 aromatic carbocycles. The molecule has 0 atom stereocenters. The number of nitrogens with two attached hydrogens (primary N) is 1. The summed E-state index contributed by atoms with van der Waals surface area (Å²) >= 11 is 1.68. The monoisotopic (exact) mass is 361 g/mol. The molecule has 1 aromatic heterocycles. The second-order valence-corrected chi connectivity index (χ2v) is 6.55. The first-order chi connectivity index (χ1) is 12.1. The Labute approximate surface area is 151 Å². The van der Waals surface area contributed by atoms with Gasteiger partial charge >= 0.3 is 0 Å².